The van der Waals surface area contributed by atoms with Crippen molar-refractivity contribution in [2.75, 3.05) is 19.0 Å². The Hall–Kier alpha value is -0.826. The molecule has 0 radical (unpaired) electrons. The van der Waals surface area contributed by atoms with Gasteiger partial charge in [0.15, 0.2) is 16.6 Å². The van der Waals surface area contributed by atoms with Gasteiger partial charge in [-0.3, -0.25) is 0 Å². The highest BCUT2D eigenvalue weighted by atomic mass is 28.4. The van der Waals surface area contributed by atoms with Crippen molar-refractivity contribution in [1.82, 2.24) is 0 Å². The molecule has 4 nitrogen and oxygen atoms in total. The second-order valence-electron chi connectivity index (χ2n) is 9.02. The molecule has 134 valence electrons. The third-order valence-electron chi connectivity index (χ3n) is 4.83. The van der Waals surface area contributed by atoms with E-state index in [4.69, 9.17) is 13.6 Å². The van der Waals surface area contributed by atoms with E-state index in [2.05, 4.69) is 56.7 Å². The number of hydrogen-bond donors (Lipinski definition) is 1. The summed E-state index contributed by atoms with van der Waals surface area (Å²) in [6.07, 6.45) is 2.06. The molecule has 0 unspecified atom stereocenters. The maximum atomic E-state index is 6.88. The largest absolute Gasteiger partial charge is 0.497 e. The quantitative estimate of drug-likeness (QED) is 0.777. The highest BCUT2D eigenvalue weighted by Gasteiger charge is 2.66. The van der Waals surface area contributed by atoms with Gasteiger partial charge in [0, 0.05) is 17.8 Å². The van der Waals surface area contributed by atoms with Crippen LogP contribution in [0.5, 0.6) is 5.75 Å². The van der Waals surface area contributed by atoms with Crippen molar-refractivity contribution >= 4 is 22.3 Å². The molecule has 6 heteroatoms. The van der Waals surface area contributed by atoms with Gasteiger partial charge in [0.25, 0.3) is 0 Å². The highest BCUT2D eigenvalue weighted by Crippen LogP contribution is 2.60. The Morgan fingerprint density at radius 2 is 1.62 bits per heavy atom. The zero-order valence-electron chi connectivity index (χ0n) is 16.1. The number of rotatable bonds is 5. The first-order valence-corrected chi connectivity index (χ1v) is 15.6. The minimum Gasteiger partial charge on any atom is -0.497 e. The first-order chi connectivity index (χ1) is 11.0. The van der Waals surface area contributed by atoms with Crippen molar-refractivity contribution in [1.29, 1.82) is 0 Å². The van der Waals surface area contributed by atoms with E-state index in [0.717, 1.165) is 30.8 Å². The molecule has 2 aliphatic rings. The fraction of sp³-hybridized carbons (Fsp3) is 0.667. The van der Waals surface area contributed by atoms with Gasteiger partial charge in [-0.15, -0.1) is 0 Å². The maximum absolute atomic E-state index is 6.88. The van der Waals surface area contributed by atoms with Crippen LogP contribution in [0.2, 0.25) is 39.3 Å². The summed E-state index contributed by atoms with van der Waals surface area (Å²) >= 11 is 0. The molecule has 0 bridgehead atoms. The molecule has 1 fully saturated rings. The molecule has 24 heavy (non-hydrogen) atoms. The molecule has 0 amide bonds. The Morgan fingerprint density at radius 1 is 0.958 bits per heavy atom. The fourth-order valence-electron chi connectivity index (χ4n) is 4.10. The predicted octanol–water partition coefficient (Wildman–Crippen LogP) is 4.55. The second-order valence-corrected chi connectivity index (χ2v) is 17.9. The van der Waals surface area contributed by atoms with Gasteiger partial charge in [0.1, 0.15) is 17.0 Å². The molecular weight excluding hydrogens is 334 g/mol. The van der Waals surface area contributed by atoms with Crippen LogP contribution in [0.3, 0.4) is 0 Å². The lowest BCUT2D eigenvalue weighted by Gasteiger charge is -2.64. The molecule has 1 aliphatic heterocycles. The van der Waals surface area contributed by atoms with Gasteiger partial charge in [0.05, 0.1) is 7.11 Å². The zero-order valence-corrected chi connectivity index (χ0v) is 18.1. The van der Waals surface area contributed by atoms with E-state index < -0.39 is 16.6 Å². The normalized spacial score (nSPS) is 29.1. The summed E-state index contributed by atoms with van der Waals surface area (Å²) in [5, 5.41) is 3.60. The van der Waals surface area contributed by atoms with Crippen molar-refractivity contribution in [3.63, 3.8) is 0 Å². The maximum Gasteiger partial charge on any atom is 0.185 e. The zero-order chi connectivity index (χ0) is 17.8. The van der Waals surface area contributed by atoms with Crippen LogP contribution in [-0.2, 0) is 14.5 Å². The molecule has 1 aromatic rings. The Morgan fingerprint density at radius 3 is 2.12 bits per heavy atom. The van der Waals surface area contributed by atoms with E-state index in [-0.39, 0.29) is 11.2 Å². The van der Waals surface area contributed by atoms with Gasteiger partial charge in [-0.25, -0.2) is 0 Å². The van der Waals surface area contributed by atoms with Crippen LogP contribution < -0.4 is 10.1 Å². The standard InChI is InChI=1S/C18H31NO3Si2/c1-20-14-8-9-16-15(12-14)18(22-24(5,6)7)11-10-17(18,13-19-16)21-23(2,3)4/h8-9,12,19H,10-11,13H2,1-7H3/t17-,18+/m1/s1. The lowest BCUT2D eigenvalue weighted by atomic mass is 9.60. The topological polar surface area (TPSA) is 39.7 Å². The minimum absolute atomic E-state index is 0.253. The molecular formula is C18H31NO3Si2. The number of ether oxygens (including phenoxy) is 1. The number of fused-ring (bicyclic) bond motifs is 3. The molecule has 0 aromatic heterocycles. The lowest BCUT2D eigenvalue weighted by molar-refractivity contribution is -0.202. The van der Waals surface area contributed by atoms with E-state index in [0.29, 0.717) is 0 Å². The van der Waals surface area contributed by atoms with Crippen molar-refractivity contribution in [3.8, 4) is 5.75 Å². The number of benzene rings is 1. The summed E-state index contributed by atoms with van der Waals surface area (Å²) in [7, 11) is -1.75. The van der Waals surface area contributed by atoms with Crippen molar-refractivity contribution < 1.29 is 13.6 Å². The molecule has 0 saturated heterocycles. The van der Waals surface area contributed by atoms with Gasteiger partial charge >= 0.3 is 0 Å². The van der Waals surface area contributed by atoms with Crippen molar-refractivity contribution in [2.24, 2.45) is 0 Å². The third-order valence-corrected chi connectivity index (χ3v) is 6.79. The summed E-state index contributed by atoms with van der Waals surface area (Å²) in [4.78, 5) is 0. The number of methoxy groups -OCH3 is 1. The van der Waals surface area contributed by atoms with E-state index in [9.17, 15) is 0 Å². The first-order valence-electron chi connectivity index (χ1n) is 8.83. The minimum atomic E-state index is -1.76. The number of anilines is 1. The van der Waals surface area contributed by atoms with Crippen LogP contribution in [0.4, 0.5) is 5.69 Å². The predicted molar refractivity (Wildman–Crippen MR) is 104 cm³/mol. The summed E-state index contributed by atoms with van der Waals surface area (Å²) in [6, 6.07) is 6.27. The van der Waals surface area contributed by atoms with Crippen LogP contribution in [0.1, 0.15) is 18.4 Å². The average Bonchev–Trinajstić information content (AvgIpc) is 2.44. The second kappa shape index (κ2) is 5.59. The first kappa shape index (κ1) is 18.0. The molecule has 2 atom stereocenters. The van der Waals surface area contributed by atoms with E-state index in [1.54, 1.807) is 7.11 Å². The smallest absolute Gasteiger partial charge is 0.185 e. The summed E-state index contributed by atoms with van der Waals surface area (Å²) in [5.41, 5.74) is 1.77. The van der Waals surface area contributed by atoms with Gasteiger partial charge in [0.2, 0.25) is 0 Å². The number of hydrogen-bond acceptors (Lipinski definition) is 4. The summed E-state index contributed by atoms with van der Waals surface area (Å²) < 4.78 is 19.2. The molecule has 1 aliphatic carbocycles. The molecule has 3 rings (SSSR count). The molecule has 0 spiro atoms. The van der Waals surface area contributed by atoms with E-state index >= 15 is 0 Å². The summed E-state index contributed by atoms with van der Waals surface area (Å²) in [5.74, 6) is 0.879. The SMILES string of the molecule is COc1ccc2c(c1)[C@@]1(O[Si](C)(C)C)CC[C@@]1(O[Si](C)(C)C)CN2. The Balaban J connectivity index is 2.12. The molecule has 1 aromatic carbocycles. The van der Waals surface area contributed by atoms with Gasteiger partial charge < -0.3 is 18.9 Å². The molecule has 1 saturated carbocycles. The van der Waals surface area contributed by atoms with Gasteiger partial charge in [-0.05, 0) is 70.3 Å². The van der Waals surface area contributed by atoms with Crippen LogP contribution >= 0.6 is 0 Å². The Kier molecular flexibility index (Phi) is 4.19. The molecule has 1 heterocycles. The van der Waals surface area contributed by atoms with Crippen LogP contribution in [-0.4, -0.2) is 35.9 Å². The highest BCUT2D eigenvalue weighted by molar-refractivity contribution is 6.70. The van der Waals surface area contributed by atoms with Crippen LogP contribution in [0.25, 0.3) is 0 Å². The van der Waals surface area contributed by atoms with E-state index in [1.807, 2.05) is 6.07 Å². The fourth-order valence-corrected chi connectivity index (χ4v) is 7.05. The van der Waals surface area contributed by atoms with Crippen LogP contribution in [0.15, 0.2) is 18.2 Å². The molecule has 1 N–H and O–H groups in total. The summed E-state index contributed by atoms with van der Waals surface area (Å²) in [6.45, 7) is 14.4. The lowest BCUT2D eigenvalue weighted by Crippen LogP contribution is -2.72. The van der Waals surface area contributed by atoms with Crippen molar-refractivity contribution in [2.45, 2.75) is 63.3 Å². The average molecular weight is 366 g/mol. The number of nitrogens with one attached hydrogen (secondary N) is 1. The van der Waals surface area contributed by atoms with E-state index in [1.165, 1.54) is 5.56 Å². The monoisotopic (exact) mass is 365 g/mol. The Labute approximate surface area is 148 Å². The van der Waals surface area contributed by atoms with Crippen molar-refractivity contribution in [3.05, 3.63) is 23.8 Å². The van der Waals surface area contributed by atoms with Crippen LogP contribution in [0, 0.1) is 0 Å². The van der Waals surface area contributed by atoms with Gasteiger partial charge in [-0.1, -0.05) is 0 Å². The third kappa shape index (κ3) is 2.94. The van der Waals surface area contributed by atoms with Gasteiger partial charge in [-0.2, -0.15) is 0 Å². The Bertz CT molecular complexity index is 638.